The number of benzene rings is 2. The Morgan fingerprint density at radius 3 is 2.27 bits per heavy atom. The van der Waals surface area contributed by atoms with Gasteiger partial charge in [-0.1, -0.05) is 6.07 Å². The summed E-state index contributed by atoms with van der Waals surface area (Å²) in [5.74, 6) is 1.82. The summed E-state index contributed by atoms with van der Waals surface area (Å²) in [7, 11) is 0. The van der Waals surface area contributed by atoms with Crippen molar-refractivity contribution >= 4 is 56.9 Å². The molecule has 4 aromatic heterocycles. The Morgan fingerprint density at radius 1 is 0.836 bits per heavy atom. The van der Waals surface area contributed by atoms with E-state index in [-0.39, 0.29) is 12.1 Å². The van der Waals surface area contributed by atoms with Crippen molar-refractivity contribution in [2.45, 2.75) is 36.3 Å². The van der Waals surface area contributed by atoms with Gasteiger partial charge in [0.1, 0.15) is 11.6 Å². The van der Waals surface area contributed by atoms with E-state index in [0.29, 0.717) is 50.6 Å². The summed E-state index contributed by atoms with van der Waals surface area (Å²) < 4.78 is 84.2. The summed E-state index contributed by atoms with van der Waals surface area (Å²) in [5.41, 5.74) is -2.63. The van der Waals surface area contributed by atoms with Gasteiger partial charge in [0.25, 0.3) is 5.60 Å². The van der Waals surface area contributed by atoms with Crippen LogP contribution in [-0.2, 0) is 6.54 Å². The van der Waals surface area contributed by atoms with E-state index in [0.717, 1.165) is 48.0 Å². The number of hydrogen-bond acceptors (Lipinski definition) is 12. The van der Waals surface area contributed by atoms with Crippen molar-refractivity contribution in [1.82, 2.24) is 34.6 Å². The maximum atomic E-state index is 13.4. The van der Waals surface area contributed by atoms with Gasteiger partial charge in [-0.15, -0.1) is 0 Å². The summed E-state index contributed by atoms with van der Waals surface area (Å²) in [4.78, 5) is 23.4. The number of nitrogens with zero attached hydrogens (tertiary/aromatic N) is 8. The molecule has 7 rings (SSSR count). The molecule has 2 aromatic carbocycles. The Balaban J connectivity index is 1.05. The van der Waals surface area contributed by atoms with Crippen molar-refractivity contribution in [3.05, 3.63) is 84.9 Å². The summed E-state index contributed by atoms with van der Waals surface area (Å²) in [6.07, 6.45) is -5.82. The Morgan fingerprint density at radius 2 is 1.56 bits per heavy atom. The topological polar surface area (TPSA) is 140 Å². The molecule has 0 amide bonds. The lowest BCUT2D eigenvalue weighted by atomic mass is 9.98. The van der Waals surface area contributed by atoms with E-state index in [2.05, 4.69) is 44.9 Å². The predicted molar refractivity (Wildman–Crippen MR) is 197 cm³/mol. The summed E-state index contributed by atoms with van der Waals surface area (Å²) in [5, 5.41) is 27.8. The van der Waals surface area contributed by atoms with E-state index in [1.807, 2.05) is 30.3 Å². The molecular formula is C36H34F6N10O2S. The van der Waals surface area contributed by atoms with Crippen LogP contribution < -0.4 is 14.9 Å². The van der Waals surface area contributed by atoms with Gasteiger partial charge in [0.2, 0.25) is 5.95 Å². The minimum Gasteiger partial charge on any atom is -0.395 e. The molecule has 1 fully saturated rings. The normalized spacial score (nSPS) is 14.5. The zero-order valence-electron chi connectivity index (χ0n) is 29.1. The van der Waals surface area contributed by atoms with Crippen molar-refractivity contribution < 1.29 is 36.6 Å². The van der Waals surface area contributed by atoms with E-state index in [4.69, 9.17) is 0 Å². The second-order valence-corrected chi connectivity index (χ2v) is 13.8. The van der Waals surface area contributed by atoms with Crippen LogP contribution in [0.5, 0.6) is 0 Å². The Bertz CT molecular complexity index is 2280. The fraction of sp³-hybridized carbons (Fsp3) is 0.306. The van der Waals surface area contributed by atoms with Crippen molar-refractivity contribution in [2.24, 2.45) is 0 Å². The summed E-state index contributed by atoms with van der Waals surface area (Å²) in [6.45, 7) is 3.94. The third-order valence-electron chi connectivity index (χ3n) is 9.46. The van der Waals surface area contributed by atoms with Gasteiger partial charge in [0, 0.05) is 83.6 Å². The number of anilines is 4. The maximum Gasteiger partial charge on any atom is 0.428 e. The first-order valence-corrected chi connectivity index (χ1v) is 17.8. The molecule has 4 N–H and O–H groups in total. The number of pyridine rings is 2. The smallest absolute Gasteiger partial charge is 0.395 e. The van der Waals surface area contributed by atoms with Gasteiger partial charge < -0.3 is 20.4 Å². The number of aromatic nitrogens is 6. The van der Waals surface area contributed by atoms with E-state index >= 15 is 0 Å². The molecule has 0 bridgehead atoms. The quantitative estimate of drug-likeness (QED) is 0.0834. The van der Waals surface area contributed by atoms with Crippen LogP contribution in [0.3, 0.4) is 0 Å². The maximum absolute atomic E-state index is 13.4. The van der Waals surface area contributed by atoms with E-state index in [9.17, 15) is 36.6 Å². The lowest BCUT2D eigenvalue weighted by molar-refractivity contribution is -0.372. The number of nitrogens with one attached hydrogen (secondary N) is 2. The number of rotatable bonds is 11. The van der Waals surface area contributed by atoms with Gasteiger partial charge in [0.15, 0.2) is 0 Å². The van der Waals surface area contributed by atoms with Gasteiger partial charge in [-0.2, -0.15) is 36.4 Å². The minimum absolute atomic E-state index is 0.0141. The number of β-amino-alcohol motifs (C(OH)–C–C–N with tert-alkyl or cyclic N) is 1. The molecule has 0 aliphatic carbocycles. The van der Waals surface area contributed by atoms with Gasteiger partial charge >= 0.3 is 12.4 Å². The third kappa shape index (κ3) is 7.82. The largest absolute Gasteiger partial charge is 0.428 e. The van der Waals surface area contributed by atoms with Gasteiger partial charge in [-0.3, -0.25) is 19.3 Å². The second kappa shape index (κ2) is 15.1. The molecule has 19 heteroatoms. The molecule has 12 nitrogen and oxygen atoms in total. The fourth-order valence-electron chi connectivity index (χ4n) is 6.35. The fourth-order valence-corrected chi connectivity index (χ4v) is 6.93. The third-order valence-corrected chi connectivity index (χ3v) is 10.2. The van der Waals surface area contributed by atoms with Crippen molar-refractivity contribution in [1.29, 1.82) is 0 Å². The van der Waals surface area contributed by atoms with Crippen LogP contribution in [-0.4, -0.2) is 102 Å². The highest BCUT2D eigenvalue weighted by atomic mass is 32.2. The number of aryl methyl sites for hydroxylation is 1. The van der Waals surface area contributed by atoms with Gasteiger partial charge in [-0.05, 0) is 73.0 Å². The molecule has 55 heavy (non-hydrogen) atoms. The molecule has 5 heterocycles. The van der Waals surface area contributed by atoms with Crippen LogP contribution in [0.15, 0.2) is 84.3 Å². The van der Waals surface area contributed by atoms with Crippen LogP contribution in [0.25, 0.3) is 32.9 Å². The predicted octanol–water partition coefficient (Wildman–Crippen LogP) is 6.58. The lowest BCUT2D eigenvalue weighted by Gasteiger charge is -2.35. The van der Waals surface area contributed by atoms with Crippen molar-refractivity contribution in [3.8, 4) is 11.3 Å². The van der Waals surface area contributed by atoms with E-state index in [1.54, 1.807) is 43.7 Å². The first-order chi connectivity index (χ1) is 26.2. The highest BCUT2D eigenvalue weighted by Gasteiger charge is 2.70. The number of piperazine rings is 1. The SMILES string of the molecule is Cc1c(-c2nccc3cnc(Nc4ccc(SNc5nccc(N6CCN(CCO)CC6)n5)cc4)cc23)ccc2c1cnn2CC(O)(C(F)(F)F)C(F)(F)F. The van der Waals surface area contributed by atoms with Crippen molar-refractivity contribution in [2.75, 3.05) is 54.3 Å². The Hall–Kier alpha value is -5.24. The molecule has 0 unspecified atom stereocenters. The van der Waals surface area contributed by atoms with Gasteiger partial charge in [-0.25, -0.2) is 9.97 Å². The molecule has 0 spiro atoms. The zero-order valence-corrected chi connectivity index (χ0v) is 29.9. The number of hydrogen-bond donors (Lipinski definition) is 4. The van der Waals surface area contributed by atoms with Crippen LogP contribution in [0, 0.1) is 6.92 Å². The number of halogens is 6. The summed E-state index contributed by atoms with van der Waals surface area (Å²) in [6, 6.07) is 16.0. The monoisotopic (exact) mass is 784 g/mol. The highest BCUT2D eigenvalue weighted by Crippen LogP contribution is 2.45. The van der Waals surface area contributed by atoms with Crippen LogP contribution in [0.2, 0.25) is 0 Å². The van der Waals surface area contributed by atoms with Crippen LogP contribution in [0.1, 0.15) is 5.56 Å². The first-order valence-electron chi connectivity index (χ1n) is 17.0. The highest BCUT2D eigenvalue weighted by molar-refractivity contribution is 8.00. The molecule has 1 aliphatic heterocycles. The first kappa shape index (κ1) is 38.1. The zero-order chi connectivity index (χ0) is 39.0. The van der Waals surface area contributed by atoms with Crippen LogP contribution >= 0.6 is 11.9 Å². The van der Waals surface area contributed by atoms with Gasteiger partial charge in [0.05, 0.1) is 30.6 Å². The minimum atomic E-state index is -5.98. The molecule has 0 radical (unpaired) electrons. The average molecular weight is 785 g/mol. The standard InChI is InChI=1S/C36H34F6N10O2S/c1-22-26(6-7-29-28(22)20-46-52(29)21-34(54,35(37,38)39)36(40,41)42)32-27-18-30(45-19-23(27)8-10-43-32)47-24-2-4-25(5-3-24)55-49-33-44-11-9-31(48-33)51-14-12-50(13-15-51)16-17-53/h2-11,18-20,53-54H,12-17,21H2,1H3,(H,45,47)(H,44,48,49). The molecule has 0 atom stereocenters. The Labute approximate surface area is 314 Å². The van der Waals surface area contributed by atoms with Crippen molar-refractivity contribution in [3.63, 3.8) is 0 Å². The number of fused-ring (bicyclic) bond motifs is 2. The molecule has 6 aromatic rings. The lowest BCUT2D eigenvalue weighted by Crippen LogP contribution is -2.59. The van der Waals surface area contributed by atoms with E-state index in [1.165, 1.54) is 24.2 Å². The number of alkyl halides is 6. The average Bonchev–Trinajstić information content (AvgIpc) is 3.57. The molecule has 1 aliphatic rings. The number of aliphatic hydroxyl groups excluding tert-OH is 1. The molecule has 288 valence electrons. The second-order valence-electron chi connectivity index (χ2n) is 12.9. The number of aliphatic hydroxyl groups is 2. The Kier molecular flexibility index (Phi) is 10.5. The molecule has 1 saturated heterocycles. The summed E-state index contributed by atoms with van der Waals surface area (Å²) >= 11 is 1.36. The molecular weight excluding hydrogens is 751 g/mol. The van der Waals surface area contributed by atoms with E-state index < -0.39 is 24.5 Å². The molecule has 0 saturated carbocycles. The van der Waals surface area contributed by atoms with Crippen LogP contribution in [0.4, 0.5) is 49.6 Å².